The van der Waals surface area contributed by atoms with Crippen molar-refractivity contribution in [3.05, 3.63) is 0 Å². The fourth-order valence-corrected chi connectivity index (χ4v) is 18.7. The molecule has 90 heavy (non-hydrogen) atoms. The molecular weight excluding hydrogens is 1230 g/mol. The standard InChI is InChI=1S/C18H38O6Si.C17H36O5Si.C15H32O5Si.C14H30O6Si/c1-6-22-25(23-7-2,24-8-3)14-13-20-12-10-17(9-11-19-5)18(4)15-21-16-18;1-6-21-23(5,22-7-2)13-12-19-11-9-16(8-10-18-4)17(3)14-20-15-17;1-15(12-20-13-15)14(6-8-16-2)7-9-19-10-11-21(5,17-3)18-4;1-14(11-20-12-14)13(6-7-15-2)10-19-8-9-21(16-3,17-4)18-5/h17H,6-16H2,1-5H3;16H,6-15H2,1-5H3;14H,6-13H2,1-5H3;13H,6-12H2,1-5H3. The van der Waals surface area contributed by atoms with Gasteiger partial charge in [-0.25, -0.2) is 0 Å². The van der Waals surface area contributed by atoms with E-state index in [2.05, 4.69) is 40.8 Å². The molecule has 4 heterocycles. The van der Waals surface area contributed by atoms with Crippen LogP contribution in [0.15, 0.2) is 0 Å². The zero-order chi connectivity index (χ0) is 67.3. The lowest BCUT2D eigenvalue weighted by molar-refractivity contribution is -0.151. The first-order valence-electron chi connectivity index (χ1n) is 33.6. The average molecular weight is 1370 g/mol. The predicted octanol–water partition coefficient (Wildman–Crippen LogP) is 10.4. The highest BCUT2D eigenvalue weighted by Crippen LogP contribution is 2.42. The maximum Gasteiger partial charge on any atom is 0.503 e. The normalized spacial score (nSPS) is 18.8. The highest BCUT2D eigenvalue weighted by Gasteiger charge is 2.45. The van der Waals surface area contributed by atoms with Gasteiger partial charge in [0.25, 0.3) is 0 Å². The molecule has 4 rings (SSSR count). The van der Waals surface area contributed by atoms with Crippen LogP contribution in [0.2, 0.25) is 37.3 Å². The summed E-state index contributed by atoms with van der Waals surface area (Å²) in [5, 5.41) is 0. The van der Waals surface area contributed by atoms with Crippen molar-refractivity contribution in [1.82, 2.24) is 0 Å². The van der Waals surface area contributed by atoms with E-state index in [4.69, 9.17) is 101 Å². The molecule has 4 saturated heterocycles. The zero-order valence-electron chi connectivity index (χ0n) is 60.7. The molecule has 0 radical (unpaired) electrons. The van der Waals surface area contributed by atoms with Gasteiger partial charge >= 0.3 is 34.7 Å². The molecule has 0 aromatic carbocycles. The molecular formula is C64H136O22Si4. The van der Waals surface area contributed by atoms with Gasteiger partial charge in [-0.15, -0.1) is 0 Å². The molecule has 4 aliphatic heterocycles. The Labute approximate surface area is 552 Å². The summed E-state index contributed by atoms with van der Waals surface area (Å²) in [7, 11) is 6.14. The Hall–Kier alpha value is -0.0125. The average Bonchev–Trinajstić information content (AvgIpc) is 1.38. The van der Waals surface area contributed by atoms with Gasteiger partial charge in [-0.05, 0) is 116 Å². The second-order valence-electron chi connectivity index (χ2n) is 25.6. The Morgan fingerprint density at radius 2 is 0.567 bits per heavy atom. The van der Waals surface area contributed by atoms with Gasteiger partial charge < -0.3 is 101 Å². The minimum Gasteiger partial charge on any atom is -0.398 e. The minimum absolute atomic E-state index is 0.205. The summed E-state index contributed by atoms with van der Waals surface area (Å²) in [5.74, 6) is 2.20. The van der Waals surface area contributed by atoms with Crippen LogP contribution in [0.4, 0.5) is 0 Å². The van der Waals surface area contributed by atoms with Gasteiger partial charge in [0.1, 0.15) is 0 Å². The molecule has 0 aromatic heterocycles. The first-order chi connectivity index (χ1) is 43.1. The molecule has 4 unspecified atom stereocenters. The zero-order valence-corrected chi connectivity index (χ0v) is 64.7. The number of hydrogen-bond donors (Lipinski definition) is 0. The van der Waals surface area contributed by atoms with Crippen molar-refractivity contribution in [2.45, 2.75) is 145 Å². The number of hydrogen-bond acceptors (Lipinski definition) is 22. The van der Waals surface area contributed by atoms with E-state index >= 15 is 0 Å². The summed E-state index contributed by atoms with van der Waals surface area (Å²) in [6, 6.07) is 3.10. The Balaban J connectivity index is 0.000000601. The molecule has 4 aliphatic rings. The van der Waals surface area contributed by atoms with Crippen LogP contribution < -0.4 is 0 Å². The van der Waals surface area contributed by atoms with Crippen LogP contribution in [0.3, 0.4) is 0 Å². The third kappa shape index (κ3) is 33.0. The third-order valence-electron chi connectivity index (χ3n) is 18.5. The molecule has 0 spiro atoms. The largest absolute Gasteiger partial charge is 0.503 e. The van der Waals surface area contributed by atoms with E-state index in [1.54, 1.807) is 64.0 Å². The maximum absolute atomic E-state index is 5.92. The van der Waals surface area contributed by atoms with Gasteiger partial charge in [-0.2, -0.15) is 0 Å². The van der Waals surface area contributed by atoms with Crippen molar-refractivity contribution in [3.8, 4) is 0 Å². The monoisotopic (exact) mass is 1370 g/mol. The summed E-state index contributed by atoms with van der Waals surface area (Å²) in [4.78, 5) is 0. The fraction of sp³-hybridized carbons (Fsp3) is 1.00. The van der Waals surface area contributed by atoms with Crippen molar-refractivity contribution < 1.29 is 101 Å². The van der Waals surface area contributed by atoms with Gasteiger partial charge in [-0.1, -0.05) is 27.7 Å². The summed E-state index contributed by atoms with van der Waals surface area (Å²) in [6.45, 7) is 42.0. The smallest absolute Gasteiger partial charge is 0.398 e. The van der Waals surface area contributed by atoms with Gasteiger partial charge in [0.2, 0.25) is 0 Å². The summed E-state index contributed by atoms with van der Waals surface area (Å²) < 4.78 is 122. The quantitative estimate of drug-likeness (QED) is 0.0410. The van der Waals surface area contributed by atoms with Crippen LogP contribution in [0, 0.1) is 45.3 Å². The highest BCUT2D eigenvalue weighted by atomic mass is 28.4. The SMILES string of the molecule is CCO[Si](C)(CCOCCC(CCOC)C1(C)COC1)OCC.CCO[Si](CCOCCC(CCOC)C1(C)COC1)(OCC)OCC.COCCC(CCOCC[Si](C)(OC)OC)C1(C)COC1.COCCC(COCC[Si](OC)(OC)OC)C1(C)COC1. The van der Waals surface area contributed by atoms with Gasteiger partial charge in [0, 0.05) is 202 Å². The van der Waals surface area contributed by atoms with E-state index in [0.29, 0.717) is 113 Å². The first-order valence-corrected chi connectivity index (χ1v) is 42.5. The Kier molecular flexibility index (Phi) is 48.4. The van der Waals surface area contributed by atoms with Gasteiger partial charge in [-0.3, -0.25) is 0 Å². The van der Waals surface area contributed by atoms with Crippen LogP contribution in [0.25, 0.3) is 0 Å². The molecule has 0 saturated carbocycles. The van der Waals surface area contributed by atoms with Crippen LogP contribution in [0.5, 0.6) is 0 Å². The molecule has 22 nitrogen and oxygen atoms in total. The molecule has 4 atom stereocenters. The van der Waals surface area contributed by atoms with Gasteiger partial charge in [0.15, 0.2) is 0 Å². The van der Waals surface area contributed by atoms with Crippen molar-refractivity contribution in [1.29, 1.82) is 0 Å². The van der Waals surface area contributed by atoms with E-state index in [0.717, 1.165) is 156 Å². The second-order valence-corrected chi connectivity index (χ2v) is 38.4. The lowest BCUT2D eigenvalue weighted by Crippen LogP contribution is -2.48. The number of rotatable bonds is 54. The lowest BCUT2D eigenvalue weighted by atomic mass is 9.72. The van der Waals surface area contributed by atoms with Crippen molar-refractivity contribution in [3.63, 3.8) is 0 Å². The maximum atomic E-state index is 5.92. The molecule has 0 bridgehead atoms. The van der Waals surface area contributed by atoms with Crippen LogP contribution in [-0.2, 0) is 101 Å². The summed E-state index contributed by atoms with van der Waals surface area (Å²) in [6.07, 6.45) is 7.32. The van der Waals surface area contributed by atoms with Crippen molar-refractivity contribution >= 4 is 34.7 Å². The molecule has 0 aliphatic carbocycles. The van der Waals surface area contributed by atoms with Crippen LogP contribution >= 0.6 is 0 Å². The molecule has 0 aromatic rings. The van der Waals surface area contributed by atoms with E-state index in [9.17, 15) is 0 Å². The van der Waals surface area contributed by atoms with E-state index in [1.165, 1.54) is 0 Å². The predicted molar refractivity (Wildman–Crippen MR) is 360 cm³/mol. The van der Waals surface area contributed by atoms with E-state index in [-0.39, 0.29) is 10.8 Å². The van der Waals surface area contributed by atoms with E-state index in [1.807, 2.05) is 34.6 Å². The Morgan fingerprint density at radius 3 is 0.844 bits per heavy atom. The van der Waals surface area contributed by atoms with Crippen molar-refractivity contribution in [2.24, 2.45) is 45.3 Å². The summed E-state index contributed by atoms with van der Waals surface area (Å²) >= 11 is 0. The van der Waals surface area contributed by atoms with Crippen molar-refractivity contribution in [2.75, 3.05) is 229 Å². The van der Waals surface area contributed by atoms with Crippen LogP contribution in [-0.4, -0.2) is 264 Å². The second kappa shape index (κ2) is 49.5. The Morgan fingerprint density at radius 1 is 0.300 bits per heavy atom. The highest BCUT2D eigenvalue weighted by molar-refractivity contribution is 6.66. The molecule has 0 N–H and O–H groups in total. The Bertz CT molecular complexity index is 1650. The summed E-state index contributed by atoms with van der Waals surface area (Å²) in [5.41, 5.74) is 1.06. The topological polar surface area (TPSA) is 203 Å². The lowest BCUT2D eigenvalue weighted by Gasteiger charge is -2.44. The number of ether oxygens (including phenoxy) is 12. The first kappa shape index (κ1) is 88.0. The van der Waals surface area contributed by atoms with Gasteiger partial charge in [0.05, 0.1) is 72.7 Å². The fourth-order valence-electron chi connectivity index (χ4n) is 11.6. The molecule has 540 valence electrons. The molecule has 4 fully saturated rings. The van der Waals surface area contributed by atoms with Crippen LogP contribution in [0.1, 0.15) is 107 Å². The number of methoxy groups -OCH3 is 4. The molecule has 26 heteroatoms. The molecule has 0 amide bonds. The third-order valence-corrected chi connectivity index (χ3v) is 30.0. The van der Waals surface area contributed by atoms with E-state index < -0.39 is 34.7 Å². The minimum atomic E-state index is -2.59.